The van der Waals surface area contributed by atoms with Gasteiger partial charge in [0.1, 0.15) is 0 Å². The maximum atomic E-state index is 4.82. The molecule has 0 radical (unpaired) electrons. The van der Waals surface area contributed by atoms with E-state index < -0.39 is 0 Å². The monoisotopic (exact) mass is 324 g/mol. The minimum Gasteiger partial charge on any atom is -0.0998 e. The molecule has 5 aliphatic rings. The molecule has 0 N–H and O–H groups in total. The van der Waals surface area contributed by atoms with Gasteiger partial charge in [0.25, 0.3) is 0 Å². The van der Waals surface area contributed by atoms with Gasteiger partial charge >= 0.3 is 0 Å². The summed E-state index contributed by atoms with van der Waals surface area (Å²) in [4.78, 5) is 0. The van der Waals surface area contributed by atoms with E-state index in [2.05, 4.69) is 20.4 Å². The van der Waals surface area contributed by atoms with Crippen molar-refractivity contribution in [3.63, 3.8) is 0 Å². The Morgan fingerprint density at radius 1 is 0.750 bits per heavy atom. The number of rotatable bonds is 3. The van der Waals surface area contributed by atoms with Crippen LogP contribution in [0.2, 0.25) is 0 Å². The third-order valence-electron chi connectivity index (χ3n) is 9.55. The molecule has 0 aromatic heterocycles. The molecule has 0 heteroatoms. The minimum absolute atomic E-state index is 0.800. The van der Waals surface area contributed by atoms with Gasteiger partial charge in [-0.05, 0) is 111 Å². The summed E-state index contributed by atoms with van der Waals surface area (Å²) in [5, 5.41) is 0. The van der Waals surface area contributed by atoms with Crippen molar-refractivity contribution < 1.29 is 0 Å². The van der Waals surface area contributed by atoms with E-state index in [0.717, 1.165) is 59.2 Å². The van der Waals surface area contributed by atoms with Gasteiger partial charge in [0.2, 0.25) is 0 Å². The van der Waals surface area contributed by atoms with Crippen LogP contribution in [0.25, 0.3) is 0 Å². The van der Waals surface area contributed by atoms with Gasteiger partial charge in [-0.2, -0.15) is 0 Å². The van der Waals surface area contributed by atoms with E-state index in [-0.39, 0.29) is 0 Å². The second-order valence-electron chi connectivity index (χ2n) is 10.4. The lowest BCUT2D eigenvalue weighted by Gasteiger charge is -2.34. The Morgan fingerprint density at radius 2 is 1.42 bits per heavy atom. The van der Waals surface area contributed by atoms with Gasteiger partial charge in [-0.1, -0.05) is 37.6 Å². The van der Waals surface area contributed by atoms with Crippen LogP contribution in [0.1, 0.15) is 65.2 Å². The highest BCUT2D eigenvalue weighted by Crippen LogP contribution is 2.66. The van der Waals surface area contributed by atoms with Crippen LogP contribution in [0.4, 0.5) is 0 Å². The van der Waals surface area contributed by atoms with Gasteiger partial charge in [-0.25, -0.2) is 0 Å². The Balaban J connectivity index is 1.40. The van der Waals surface area contributed by atoms with E-state index in [1.165, 1.54) is 44.1 Å². The van der Waals surface area contributed by atoms with Crippen LogP contribution in [-0.4, -0.2) is 0 Å². The lowest BCUT2D eigenvalue weighted by Crippen LogP contribution is -2.27. The normalized spacial score (nSPS) is 54.9. The SMILES string of the molecule is C=C(C)C1CC(C(=C)C2CC(C)C3C4CCC(C4)C23)C2CCCC12. The van der Waals surface area contributed by atoms with Crippen molar-refractivity contribution in [1.82, 2.24) is 0 Å². The van der Waals surface area contributed by atoms with E-state index in [0.29, 0.717) is 0 Å². The van der Waals surface area contributed by atoms with Crippen molar-refractivity contribution in [2.45, 2.75) is 65.2 Å². The average Bonchev–Trinajstić information content (AvgIpc) is 3.31. The molecule has 0 aromatic rings. The zero-order valence-electron chi connectivity index (χ0n) is 15.8. The zero-order valence-corrected chi connectivity index (χ0v) is 15.8. The molecule has 5 aliphatic carbocycles. The Bertz CT molecular complexity index is 556. The zero-order chi connectivity index (χ0) is 16.6. The van der Waals surface area contributed by atoms with Gasteiger partial charge in [0.15, 0.2) is 0 Å². The number of fused-ring (bicyclic) bond motifs is 6. The van der Waals surface area contributed by atoms with Gasteiger partial charge in [-0.15, -0.1) is 0 Å². The maximum Gasteiger partial charge on any atom is -0.0166 e. The molecule has 0 aromatic carbocycles. The summed E-state index contributed by atoms with van der Waals surface area (Å²) in [6.07, 6.45) is 11.9. The summed E-state index contributed by atoms with van der Waals surface area (Å²) in [6.45, 7) is 14.0. The second-order valence-corrected chi connectivity index (χ2v) is 10.4. The summed E-state index contributed by atoms with van der Waals surface area (Å²) in [5.41, 5.74) is 3.17. The molecule has 0 heterocycles. The molecule has 0 aliphatic heterocycles. The summed E-state index contributed by atoms with van der Waals surface area (Å²) in [7, 11) is 0. The Labute approximate surface area is 149 Å². The fraction of sp³-hybridized carbons (Fsp3) is 0.833. The smallest absolute Gasteiger partial charge is 0.0166 e. The van der Waals surface area contributed by atoms with E-state index in [4.69, 9.17) is 6.58 Å². The molecule has 5 rings (SSSR count). The van der Waals surface area contributed by atoms with Crippen molar-refractivity contribution in [3.05, 3.63) is 24.3 Å². The highest BCUT2D eigenvalue weighted by Gasteiger charge is 2.58. The number of allylic oxidation sites excluding steroid dienone is 2. The third-order valence-corrected chi connectivity index (χ3v) is 9.55. The van der Waals surface area contributed by atoms with Crippen LogP contribution >= 0.6 is 0 Å². The molecule has 5 fully saturated rings. The first-order valence-corrected chi connectivity index (χ1v) is 10.9. The molecule has 132 valence electrons. The van der Waals surface area contributed by atoms with Gasteiger partial charge in [-0.3, -0.25) is 0 Å². The fourth-order valence-electron chi connectivity index (χ4n) is 8.84. The predicted molar refractivity (Wildman–Crippen MR) is 101 cm³/mol. The average molecular weight is 325 g/mol. The highest BCUT2D eigenvalue weighted by atomic mass is 14.6. The van der Waals surface area contributed by atoms with Gasteiger partial charge < -0.3 is 0 Å². The van der Waals surface area contributed by atoms with E-state index in [1.54, 1.807) is 18.4 Å². The molecule has 5 saturated carbocycles. The molecular weight excluding hydrogens is 288 g/mol. The first kappa shape index (κ1) is 15.7. The highest BCUT2D eigenvalue weighted by molar-refractivity contribution is 5.22. The van der Waals surface area contributed by atoms with Crippen LogP contribution in [0.15, 0.2) is 24.3 Å². The van der Waals surface area contributed by atoms with Crippen LogP contribution < -0.4 is 0 Å². The van der Waals surface area contributed by atoms with Gasteiger partial charge in [0.05, 0.1) is 0 Å². The minimum atomic E-state index is 0.800. The standard InChI is InChI=1S/C24H36/c1-13(2)20-12-21(19-7-5-6-18(19)20)15(4)22-10-14(3)23-16-8-9-17(11-16)24(22)23/h14,16-24H,1,4-12H2,2-3H3. The molecule has 24 heavy (non-hydrogen) atoms. The Kier molecular flexibility index (Phi) is 3.59. The number of hydrogen-bond acceptors (Lipinski definition) is 0. The van der Waals surface area contributed by atoms with Crippen LogP contribution in [0, 0.1) is 59.2 Å². The largest absolute Gasteiger partial charge is 0.0998 e. The Morgan fingerprint density at radius 3 is 2.12 bits per heavy atom. The molecule has 0 saturated heterocycles. The Hall–Kier alpha value is -0.520. The summed E-state index contributed by atoms with van der Waals surface area (Å²) in [6, 6.07) is 0. The molecule has 2 bridgehead atoms. The van der Waals surface area contributed by atoms with Gasteiger partial charge in [0, 0.05) is 0 Å². The first-order valence-electron chi connectivity index (χ1n) is 10.9. The van der Waals surface area contributed by atoms with Crippen LogP contribution in [-0.2, 0) is 0 Å². The molecule has 0 spiro atoms. The molecular formula is C24H36. The van der Waals surface area contributed by atoms with Crippen molar-refractivity contribution in [1.29, 1.82) is 0 Å². The molecule has 0 amide bonds. The molecule has 0 nitrogen and oxygen atoms in total. The second kappa shape index (κ2) is 5.49. The van der Waals surface area contributed by atoms with Crippen molar-refractivity contribution >= 4 is 0 Å². The van der Waals surface area contributed by atoms with Crippen molar-refractivity contribution in [3.8, 4) is 0 Å². The van der Waals surface area contributed by atoms with Crippen molar-refractivity contribution in [2.24, 2.45) is 59.2 Å². The topological polar surface area (TPSA) is 0 Å². The molecule has 10 unspecified atom stereocenters. The lowest BCUT2D eigenvalue weighted by atomic mass is 9.71. The van der Waals surface area contributed by atoms with E-state index in [1.807, 2.05) is 0 Å². The van der Waals surface area contributed by atoms with Crippen LogP contribution in [0.3, 0.4) is 0 Å². The summed E-state index contributed by atoms with van der Waals surface area (Å²) < 4.78 is 0. The quantitative estimate of drug-likeness (QED) is 0.520. The fourth-order valence-corrected chi connectivity index (χ4v) is 8.84. The summed E-state index contributed by atoms with van der Waals surface area (Å²) in [5.74, 6) is 9.58. The molecule has 10 atom stereocenters. The summed E-state index contributed by atoms with van der Waals surface area (Å²) >= 11 is 0. The maximum absolute atomic E-state index is 4.82. The predicted octanol–water partition coefficient (Wildman–Crippen LogP) is 6.49. The third kappa shape index (κ3) is 2.04. The number of hydrogen-bond donors (Lipinski definition) is 0. The van der Waals surface area contributed by atoms with E-state index in [9.17, 15) is 0 Å². The first-order chi connectivity index (χ1) is 11.6. The van der Waals surface area contributed by atoms with Crippen LogP contribution in [0.5, 0.6) is 0 Å². The lowest BCUT2D eigenvalue weighted by molar-refractivity contribution is 0.196. The van der Waals surface area contributed by atoms with E-state index >= 15 is 0 Å². The van der Waals surface area contributed by atoms with Crippen molar-refractivity contribution in [2.75, 3.05) is 0 Å².